The first-order valence-corrected chi connectivity index (χ1v) is 8.28. The summed E-state index contributed by atoms with van der Waals surface area (Å²) in [5.41, 5.74) is 1.28. The van der Waals surface area contributed by atoms with Gasteiger partial charge in [-0.3, -0.25) is 4.79 Å². The SMILES string of the molecule is CCOc1ccc(C(=O)N[C@@H](C)c2ccc(Cl)cc2Cl)cc1OC. The average Bonchev–Trinajstić information content (AvgIpc) is 2.55. The minimum atomic E-state index is -0.264. The predicted octanol–water partition coefficient (Wildman–Crippen LogP) is 4.89. The molecule has 1 amide bonds. The van der Waals surface area contributed by atoms with Gasteiger partial charge in [0.15, 0.2) is 11.5 Å². The lowest BCUT2D eigenvalue weighted by molar-refractivity contribution is 0.0939. The van der Waals surface area contributed by atoms with E-state index in [0.717, 1.165) is 5.56 Å². The van der Waals surface area contributed by atoms with Gasteiger partial charge in [-0.05, 0) is 49.7 Å². The zero-order valence-electron chi connectivity index (χ0n) is 13.7. The predicted molar refractivity (Wildman–Crippen MR) is 96.5 cm³/mol. The number of nitrogens with one attached hydrogen (secondary N) is 1. The van der Waals surface area contributed by atoms with E-state index in [1.807, 2.05) is 13.8 Å². The van der Waals surface area contributed by atoms with Crippen LogP contribution in [0.1, 0.15) is 35.8 Å². The maximum Gasteiger partial charge on any atom is 0.251 e. The number of carbonyl (C=O) groups is 1. The molecule has 0 aliphatic heterocycles. The van der Waals surface area contributed by atoms with Crippen LogP contribution >= 0.6 is 23.2 Å². The molecule has 0 aliphatic carbocycles. The molecule has 0 heterocycles. The summed E-state index contributed by atoms with van der Waals surface area (Å²) < 4.78 is 10.7. The Kier molecular flexibility index (Phi) is 6.35. The van der Waals surface area contributed by atoms with E-state index in [1.165, 1.54) is 7.11 Å². The van der Waals surface area contributed by atoms with Gasteiger partial charge in [0, 0.05) is 15.6 Å². The van der Waals surface area contributed by atoms with Crippen molar-refractivity contribution in [3.05, 3.63) is 57.6 Å². The molecule has 0 saturated heterocycles. The summed E-state index contributed by atoms with van der Waals surface area (Å²) in [5.74, 6) is 0.891. The van der Waals surface area contributed by atoms with Gasteiger partial charge in [0.25, 0.3) is 5.91 Å². The summed E-state index contributed by atoms with van der Waals surface area (Å²) >= 11 is 12.1. The van der Waals surface area contributed by atoms with E-state index >= 15 is 0 Å². The van der Waals surface area contributed by atoms with E-state index < -0.39 is 0 Å². The minimum Gasteiger partial charge on any atom is -0.493 e. The van der Waals surface area contributed by atoms with Crippen LogP contribution in [0.3, 0.4) is 0 Å². The molecule has 0 unspecified atom stereocenters. The lowest BCUT2D eigenvalue weighted by Gasteiger charge is -2.17. The highest BCUT2D eigenvalue weighted by Gasteiger charge is 2.16. The summed E-state index contributed by atoms with van der Waals surface area (Å²) in [5, 5.41) is 3.98. The maximum atomic E-state index is 12.5. The number of rotatable bonds is 6. The third-order valence-corrected chi connectivity index (χ3v) is 4.06. The van der Waals surface area contributed by atoms with Gasteiger partial charge >= 0.3 is 0 Å². The number of hydrogen-bond acceptors (Lipinski definition) is 3. The quantitative estimate of drug-likeness (QED) is 0.790. The van der Waals surface area contributed by atoms with E-state index in [9.17, 15) is 4.79 Å². The van der Waals surface area contributed by atoms with E-state index in [2.05, 4.69) is 5.32 Å². The third kappa shape index (κ3) is 4.34. The molecule has 2 aromatic carbocycles. The Morgan fingerprint density at radius 3 is 2.54 bits per heavy atom. The number of methoxy groups -OCH3 is 1. The molecule has 1 atom stereocenters. The molecule has 128 valence electrons. The molecule has 4 nitrogen and oxygen atoms in total. The van der Waals surface area contributed by atoms with Crippen molar-refractivity contribution in [1.82, 2.24) is 5.32 Å². The Labute approximate surface area is 151 Å². The number of benzene rings is 2. The Balaban J connectivity index is 2.17. The first-order chi connectivity index (χ1) is 11.5. The summed E-state index contributed by atoms with van der Waals surface area (Å²) in [6.07, 6.45) is 0. The van der Waals surface area contributed by atoms with Crippen molar-refractivity contribution >= 4 is 29.1 Å². The Bertz CT molecular complexity index is 734. The highest BCUT2D eigenvalue weighted by Crippen LogP contribution is 2.29. The number of halogens is 2. The molecule has 0 spiro atoms. The van der Waals surface area contributed by atoms with Crippen LogP contribution < -0.4 is 14.8 Å². The Morgan fingerprint density at radius 2 is 1.92 bits per heavy atom. The molecule has 0 saturated carbocycles. The van der Waals surface area contributed by atoms with Gasteiger partial charge in [0.05, 0.1) is 19.8 Å². The van der Waals surface area contributed by atoms with Crippen molar-refractivity contribution in [3.8, 4) is 11.5 Å². The van der Waals surface area contributed by atoms with Crippen LogP contribution in [0, 0.1) is 0 Å². The molecule has 1 N–H and O–H groups in total. The summed E-state index contributed by atoms with van der Waals surface area (Å²) in [4.78, 5) is 12.5. The zero-order valence-corrected chi connectivity index (χ0v) is 15.2. The van der Waals surface area contributed by atoms with Crippen molar-refractivity contribution in [3.63, 3.8) is 0 Å². The first-order valence-electron chi connectivity index (χ1n) is 7.53. The molecule has 24 heavy (non-hydrogen) atoms. The topological polar surface area (TPSA) is 47.6 Å². The van der Waals surface area contributed by atoms with Gasteiger partial charge < -0.3 is 14.8 Å². The molecule has 0 bridgehead atoms. The van der Waals surface area contributed by atoms with Gasteiger partial charge in [-0.15, -0.1) is 0 Å². The standard InChI is InChI=1S/C18H19Cl2NO3/c1-4-24-16-8-5-12(9-17(16)23-3)18(22)21-11(2)14-7-6-13(19)10-15(14)20/h5-11H,4H2,1-3H3,(H,21,22)/t11-/m0/s1. The van der Waals surface area contributed by atoms with Gasteiger partial charge in [0.2, 0.25) is 0 Å². The lowest BCUT2D eigenvalue weighted by Crippen LogP contribution is -2.26. The Morgan fingerprint density at radius 1 is 1.17 bits per heavy atom. The van der Waals surface area contributed by atoms with E-state index in [1.54, 1.807) is 36.4 Å². The lowest BCUT2D eigenvalue weighted by atomic mass is 10.1. The first kappa shape index (κ1) is 18.4. The molecule has 2 aromatic rings. The van der Waals surface area contributed by atoms with Gasteiger partial charge in [0.1, 0.15) is 0 Å². The second kappa shape index (κ2) is 8.27. The Hall–Kier alpha value is -1.91. The molecular weight excluding hydrogens is 349 g/mol. The summed E-state index contributed by atoms with van der Waals surface area (Å²) in [6.45, 7) is 4.27. The van der Waals surface area contributed by atoms with Crippen molar-refractivity contribution in [2.75, 3.05) is 13.7 Å². The van der Waals surface area contributed by atoms with Crippen LogP contribution in [0.5, 0.6) is 11.5 Å². The monoisotopic (exact) mass is 367 g/mol. The van der Waals surface area contributed by atoms with Gasteiger partial charge in [-0.2, -0.15) is 0 Å². The van der Waals surface area contributed by atoms with Crippen LogP contribution in [0.4, 0.5) is 0 Å². The van der Waals surface area contributed by atoms with Crippen LogP contribution in [0.2, 0.25) is 10.0 Å². The van der Waals surface area contributed by atoms with Crippen LogP contribution in [-0.4, -0.2) is 19.6 Å². The number of ether oxygens (including phenoxy) is 2. The number of hydrogen-bond donors (Lipinski definition) is 1. The van der Waals surface area contributed by atoms with E-state index in [0.29, 0.717) is 33.7 Å². The fraction of sp³-hybridized carbons (Fsp3) is 0.278. The summed E-state index contributed by atoms with van der Waals surface area (Å²) in [6, 6.07) is 9.99. The molecule has 0 fully saturated rings. The van der Waals surface area contributed by atoms with Crippen molar-refractivity contribution in [2.45, 2.75) is 19.9 Å². The normalized spacial score (nSPS) is 11.7. The van der Waals surface area contributed by atoms with Crippen molar-refractivity contribution in [2.24, 2.45) is 0 Å². The van der Waals surface area contributed by atoms with Crippen LogP contribution in [-0.2, 0) is 0 Å². The molecule has 2 rings (SSSR count). The molecule has 0 aliphatic rings. The smallest absolute Gasteiger partial charge is 0.251 e. The van der Waals surface area contributed by atoms with E-state index in [-0.39, 0.29) is 11.9 Å². The van der Waals surface area contributed by atoms with Crippen LogP contribution in [0.15, 0.2) is 36.4 Å². The van der Waals surface area contributed by atoms with Crippen LogP contribution in [0.25, 0.3) is 0 Å². The summed E-state index contributed by atoms with van der Waals surface area (Å²) in [7, 11) is 1.54. The molecular formula is C18H19Cl2NO3. The average molecular weight is 368 g/mol. The molecule has 0 radical (unpaired) electrons. The van der Waals surface area contributed by atoms with Gasteiger partial charge in [-0.25, -0.2) is 0 Å². The highest BCUT2D eigenvalue weighted by molar-refractivity contribution is 6.35. The molecule has 0 aromatic heterocycles. The van der Waals surface area contributed by atoms with Crippen molar-refractivity contribution in [1.29, 1.82) is 0 Å². The zero-order chi connectivity index (χ0) is 17.7. The number of amides is 1. The minimum absolute atomic E-state index is 0.227. The molecule has 6 heteroatoms. The highest BCUT2D eigenvalue weighted by atomic mass is 35.5. The fourth-order valence-electron chi connectivity index (χ4n) is 2.29. The second-order valence-corrected chi connectivity index (χ2v) is 6.00. The largest absolute Gasteiger partial charge is 0.493 e. The number of carbonyl (C=O) groups excluding carboxylic acids is 1. The third-order valence-electron chi connectivity index (χ3n) is 3.50. The fourth-order valence-corrected chi connectivity index (χ4v) is 2.87. The van der Waals surface area contributed by atoms with E-state index in [4.69, 9.17) is 32.7 Å². The second-order valence-electron chi connectivity index (χ2n) is 5.16. The maximum absolute atomic E-state index is 12.5. The van der Waals surface area contributed by atoms with Gasteiger partial charge in [-0.1, -0.05) is 29.3 Å². The van der Waals surface area contributed by atoms with Crippen molar-refractivity contribution < 1.29 is 14.3 Å².